The number of methoxy groups -OCH3 is 1. The summed E-state index contributed by atoms with van der Waals surface area (Å²) in [5.74, 6) is -0.422. The lowest BCUT2D eigenvalue weighted by Crippen LogP contribution is -2.13. The molecule has 1 amide bonds. The Hall–Kier alpha value is -4.01. The molecule has 0 bridgehead atoms. The molecule has 0 saturated carbocycles. The maximum absolute atomic E-state index is 13.2. The Morgan fingerprint density at radius 3 is 2.59 bits per heavy atom. The van der Waals surface area contributed by atoms with Crippen LogP contribution in [0.2, 0.25) is 0 Å². The smallest absolute Gasteiger partial charge is 0.387 e. The molecular weight excluding hydrogens is 418 g/mol. The standard InChI is InChI=1S/C23H20F2N4O3/c1-13-17(12-26-29(13)2)19-11-16(15-6-4-5-7-18(15)28-19)22(30)27-14-8-9-20(32-23(24)25)21(10-14)31-3/h4-12,23H,1-3H3,(H,27,30). The molecule has 0 atom stereocenters. The lowest BCUT2D eigenvalue weighted by Gasteiger charge is -2.13. The molecule has 2 aromatic carbocycles. The number of hydrogen-bond donors (Lipinski definition) is 1. The third-order valence-electron chi connectivity index (χ3n) is 5.11. The van der Waals surface area contributed by atoms with E-state index in [1.807, 2.05) is 38.2 Å². The van der Waals surface area contributed by atoms with Gasteiger partial charge in [0.1, 0.15) is 0 Å². The Labute approximate surface area is 182 Å². The average Bonchev–Trinajstić information content (AvgIpc) is 3.11. The molecule has 0 saturated heterocycles. The first-order chi connectivity index (χ1) is 15.4. The molecule has 0 fully saturated rings. The predicted octanol–water partition coefficient (Wildman–Crippen LogP) is 4.81. The van der Waals surface area contributed by atoms with Crippen LogP contribution in [0, 0.1) is 6.92 Å². The van der Waals surface area contributed by atoms with E-state index >= 15 is 0 Å². The summed E-state index contributed by atoms with van der Waals surface area (Å²) in [6.07, 6.45) is 1.71. The molecule has 4 rings (SSSR count). The minimum absolute atomic E-state index is 0.0781. The number of halogens is 2. The van der Waals surface area contributed by atoms with E-state index in [0.717, 1.165) is 11.3 Å². The first-order valence-electron chi connectivity index (χ1n) is 9.70. The third kappa shape index (κ3) is 4.09. The van der Waals surface area contributed by atoms with Crippen LogP contribution in [0.4, 0.5) is 14.5 Å². The quantitative estimate of drug-likeness (QED) is 0.468. The Morgan fingerprint density at radius 1 is 1.12 bits per heavy atom. The lowest BCUT2D eigenvalue weighted by molar-refractivity contribution is -0.0512. The fraction of sp³-hybridized carbons (Fsp3) is 0.174. The summed E-state index contributed by atoms with van der Waals surface area (Å²) in [7, 11) is 3.17. The number of amides is 1. The predicted molar refractivity (Wildman–Crippen MR) is 116 cm³/mol. The van der Waals surface area contributed by atoms with Crippen molar-refractivity contribution in [3.05, 3.63) is 66.0 Å². The van der Waals surface area contributed by atoms with Gasteiger partial charge in [0.25, 0.3) is 5.91 Å². The van der Waals surface area contributed by atoms with Crippen molar-refractivity contribution in [1.29, 1.82) is 0 Å². The third-order valence-corrected chi connectivity index (χ3v) is 5.11. The van der Waals surface area contributed by atoms with Gasteiger partial charge in [-0.25, -0.2) is 4.98 Å². The summed E-state index contributed by atoms with van der Waals surface area (Å²) in [5.41, 5.74) is 3.81. The summed E-state index contributed by atoms with van der Waals surface area (Å²) in [4.78, 5) is 17.9. The summed E-state index contributed by atoms with van der Waals surface area (Å²) >= 11 is 0. The van der Waals surface area contributed by atoms with Crippen molar-refractivity contribution in [3.63, 3.8) is 0 Å². The van der Waals surface area contributed by atoms with Gasteiger partial charge in [-0.1, -0.05) is 18.2 Å². The maximum Gasteiger partial charge on any atom is 0.387 e. The highest BCUT2D eigenvalue weighted by atomic mass is 19.3. The number of ether oxygens (including phenoxy) is 2. The number of fused-ring (bicyclic) bond motifs is 1. The van der Waals surface area contributed by atoms with Gasteiger partial charge in [0, 0.05) is 35.4 Å². The zero-order valence-corrected chi connectivity index (χ0v) is 17.6. The van der Waals surface area contributed by atoms with Crippen LogP contribution in [0.5, 0.6) is 11.5 Å². The number of anilines is 1. The Kier molecular flexibility index (Phi) is 5.72. The zero-order chi connectivity index (χ0) is 22.8. The van der Waals surface area contributed by atoms with Crippen LogP contribution in [0.1, 0.15) is 16.1 Å². The molecule has 2 aromatic heterocycles. The van der Waals surface area contributed by atoms with Crippen molar-refractivity contribution in [2.45, 2.75) is 13.5 Å². The number of para-hydroxylation sites is 1. The molecule has 0 unspecified atom stereocenters. The average molecular weight is 438 g/mol. The minimum Gasteiger partial charge on any atom is -0.493 e. The van der Waals surface area contributed by atoms with Crippen LogP contribution in [0.25, 0.3) is 22.2 Å². The van der Waals surface area contributed by atoms with Crippen molar-refractivity contribution < 1.29 is 23.0 Å². The number of carbonyl (C=O) groups is 1. The van der Waals surface area contributed by atoms with Crippen LogP contribution in [-0.4, -0.2) is 34.4 Å². The van der Waals surface area contributed by atoms with Gasteiger partial charge in [-0.3, -0.25) is 9.48 Å². The van der Waals surface area contributed by atoms with Gasteiger partial charge in [-0.05, 0) is 31.2 Å². The summed E-state index contributed by atoms with van der Waals surface area (Å²) in [6, 6.07) is 13.2. The van der Waals surface area contributed by atoms with Crippen LogP contribution in [0.15, 0.2) is 54.7 Å². The van der Waals surface area contributed by atoms with Gasteiger partial charge in [0.2, 0.25) is 0 Å². The molecule has 0 aliphatic heterocycles. The zero-order valence-electron chi connectivity index (χ0n) is 17.6. The van der Waals surface area contributed by atoms with Gasteiger partial charge < -0.3 is 14.8 Å². The molecule has 164 valence electrons. The first-order valence-corrected chi connectivity index (χ1v) is 9.70. The van der Waals surface area contributed by atoms with Crippen LogP contribution in [0.3, 0.4) is 0 Å². The van der Waals surface area contributed by atoms with E-state index in [-0.39, 0.29) is 17.4 Å². The van der Waals surface area contributed by atoms with E-state index in [4.69, 9.17) is 9.72 Å². The molecule has 2 heterocycles. The Bertz CT molecular complexity index is 1300. The van der Waals surface area contributed by atoms with Gasteiger partial charge in [-0.2, -0.15) is 13.9 Å². The molecule has 0 spiro atoms. The molecule has 32 heavy (non-hydrogen) atoms. The second kappa shape index (κ2) is 8.62. The lowest BCUT2D eigenvalue weighted by atomic mass is 10.0. The van der Waals surface area contributed by atoms with Gasteiger partial charge in [0.05, 0.1) is 30.1 Å². The number of benzene rings is 2. The first kappa shape index (κ1) is 21.2. The minimum atomic E-state index is -2.98. The molecule has 9 heteroatoms. The number of nitrogens with one attached hydrogen (secondary N) is 1. The topological polar surface area (TPSA) is 78.3 Å². The highest BCUT2D eigenvalue weighted by molar-refractivity contribution is 6.13. The van der Waals surface area contributed by atoms with Crippen molar-refractivity contribution in [2.24, 2.45) is 7.05 Å². The molecule has 4 aromatic rings. The monoisotopic (exact) mass is 438 g/mol. The SMILES string of the molecule is COc1cc(NC(=O)c2cc(-c3cnn(C)c3C)nc3ccccc23)ccc1OC(F)F. The fourth-order valence-corrected chi connectivity index (χ4v) is 3.39. The number of rotatable bonds is 6. The largest absolute Gasteiger partial charge is 0.493 e. The number of carbonyl (C=O) groups excluding carboxylic acids is 1. The van der Waals surface area contributed by atoms with E-state index in [1.54, 1.807) is 16.9 Å². The highest BCUT2D eigenvalue weighted by Crippen LogP contribution is 2.32. The molecule has 0 aliphatic rings. The molecule has 0 aliphatic carbocycles. The van der Waals surface area contributed by atoms with Crippen LogP contribution >= 0.6 is 0 Å². The highest BCUT2D eigenvalue weighted by Gasteiger charge is 2.18. The van der Waals surface area contributed by atoms with E-state index < -0.39 is 6.61 Å². The van der Waals surface area contributed by atoms with E-state index in [2.05, 4.69) is 15.2 Å². The van der Waals surface area contributed by atoms with Gasteiger partial charge >= 0.3 is 6.61 Å². The second-order valence-electron chi connectivity index (χ2n) is 7.04. The number of hydrogen-bond acceptors (Lipinski definition) is 5. The second-order valence-corrected chi connectivity index (χ2v) is 7.04. The van der Waals surface area contributed by atoms with Crippen LogP contribution in [-0.2, 0) is 7.05 Å². The van der Waals surface area contributed by atoms with Gasteiger partial charge in [0.15, 0.2) is 11.5 Å². The summed E-state index contributed by atoms with van der Waals surface area (Å²) in [6.45, 7) is -1.06. The van der Waals surface area contributed by atoms with E-state index in [0.29, 0.717) is 27.8 Å². The van der Waals surface area contributed by atoms with Crippen molar-refractivity contribution in [3.8, 4) is 22.8 Å². The van der Waals surface area contributed by atoms with E-state index in [9.17, 15) is 13.6 Å². The van der Waals surface area contributed by atoms with Gasteiger partial charge in [-0.15, -0.1) is 0 Å². The summed E-state index contributed by atoms with van der Waals surface area (Å²) < 4.78 is 36.4. The van der Waals surface area contributed by atoms with E-state index in [1.165, 1.54) is 25.3 Å². The van der Waals surface area contributed by atoms with Crippen LogP contribution < -0.4 is 14.8 Å². The number of aryl methyl sites for hydroxylation is 1. The number of alkyl halides is 2. The number of nitrogens with zero attached hydrogens (tertiary/aromatic N) is 3. The molecular formula is C23H20F2N4O3. The number of pyridine rings is 1. The van der Waals surface area contributed by atoms with Crippen molar-refractivity contribution in [2.75, 3.05) is 12.4 Å². The van der Waals surface area contributed by atoms with Crippen molar-refractivity contribution in [1.82, 2.24) is 14.8 Å². The Balaban J connectivity index is 1.73. The number of aromatic nitrogens is 3. The Morgan fingerprint density at radius 2 is 1.91 bits per heavy atom. The fourth-order valence-electron chi connectivity index (χ4n) is 3.39. The molecule has 0 radical (unpaired) electrons. The van der Waals surface area contributed by atoms with Crippen molar-refractivity contribution >= 4 is 22.5 Å². The maximum atomic E-state index is 13.2. The molecule has 1 N–H and O–H groups in total. The normalized spacial score (nSPS) is 11.1. The summed E-state index contributed by atoms with van der Waals surface area (Å²) in [5, 5.41) is 7.73. The molecule has 7 nitrogen and oxygen atoms in total.